The summed E-state index contributed by atoms with van der Waals surface area (Å²) in [6.07, 6.45) is 2.46. The molecule has 0 spiro atoms. The third-order valence-electron chi connectivity index (χ3n) is 4.64. The van der Waals surface area contributed by atoms with Crippen LogP contribution in [-0.4, -0.2) is 4.98 Å². The van der Waals surface area contributed by atoms with E-state index in [0.717, 1.165) is 16.7 Å². The molecule has 26 heavy (non-hydrogen) atoms. The Kier molecular flexibility index (Phi) is 4.70. The summed E-state index contributed by atoms with van der Waals surface area (Å²) in [5.74, 6) is 0. The Labute approximate surface area is 166 Å². The van der Waals surface area contributed by atoms with Crippen molar-refractivity contribution in [1.29, 1.82) is 0 Å². The Balaban J connectivity index is 1.78. The summed E-state index contributed by atoms with van der Waals surface area (Å²) in [6.45, 7) is 0. The average Bonchev–Trinajstić information content (AvgIpc) is 3.10. The highest BCUT2D eigenvalue weighted by atomic mass is 35.5. The van der Waals surface area contributed by atoms with Gasteiger partial charge in [-0.15, -0.1) is 0 Å². The first-order valence-electron chi connectivity index (χ1n) is 8.12. The Bertz CT molecular complexity index is 890. The molecule has 3 nitrogen and oxygen atoms in total. The molecule has 0 saturated heterocycles. The first kappa shape index (κ1) is 17.5. The van der Waals surface area contributed by atoms with Crippen LogP contribution in [0.15, 0.2) is 77.1 Å². The molecule has 0 saturated carbocycles. The third kappa shape index (κ3) is 3.23. The molecule has 130 valence electrons. The second-order valence-corrected chi connectivity index (χ2v) is 7.48. The van der Waals surface area contributed by atoms with E-state index in [9.17, 15) is 0 Å². The number of azo groups is 1. The van der Waals surface area contributed by atoms with Crippen LogP contribution in [-0.2, 0) is 5.54 Å². The monoisotopic (exact) mass is 401 g/mol. The van der Waals surface area contributed by atoms with Gasteiger partial charge in [0.2, 0.25) is 0 Å². The molecule has 2 atom stereocenters. The van der Waals surface area contributed by atoms with E-state index in [2.05, 4.69) is 10.1 Å². The predicted octanol–water partition coefficient (Wildman–Crippen LogP) is 6.88. The van der Waals surface area contributed by atoms with E-state index in [1.807, 2.05) is 54.6 Å². The lowest BCUT2D eigenvalue weighted by atomic mass is 9.79. The Morgan fingerprint density at radius 2 is 1.38 bits per heavy atom. The molecule has 2 heterocycles. The zero-order valence-electron chi connectivity index (χ0n) is 13.6. The lowest BCUT2D eigenvalue weighted by Gasteiger charge is -2.26. The summed E-state index contributed by atoms with van der Waals surface area (Å²) >= 11 is 18.1. The Hall–Kier alpha value is -1.94. The minimum Gasteiger partial charge on any atom is -0.244 e. The highest BCUT2D eigenvalue weighted by Gasteiger charge is 2.42. The largest absolute Gasteiger partial charge is 0.244 e. The number of rotatable bonds is 3. The van der Waals surface area contributed by atoms with Crippen LogP contribution in [0.25, 0.3) is 0 Å². The fraction of sp³-hybridized carbons (Fsp3) is 0.150. The summed E-state index contributed by atoms with van der Waals surface area (Å²) in [7, 11) is 0. The summed E-state index contributed by atoms with van der Waals surface area (Å²) < 4.78 is 0. The maximum absolute atomic E-state index is 6.07. The number of hydrogen-bond acceptors (Lipinski definition) is 3. The molecule has 0 amide bonds. The minimum absolute atomic E-state index is 0.0568. The number of aromatic nitrogens is 1. The molecule has 2 unspecified atom stereocenters. The number of benzene rings is 2. The molecule has 0 aliphatic carbocycles. The summed E-state index contributed by atoms with van der Waals surface area (Å²) in [5, 5.41) is 11.1. The van der Waals surface area contributed by atoms with Crippen LogP contribution < -0.4 is 0 Å². The number of pyridine rings is 1. The molecule has 1 aromatic heterocycles. The van der Waals surface area contributed by atoms with Crippen molar-refractivity contribution in [1.82, 2.24) is 4.98 Å². The van der Waals surface area contributed by atoms with E-state index in [4.69, 9.17) is 39.9 Å². The van der Waals surface area contributed by atoms with Crippen molar-refractivity contribution in [2.45, 2.75) is 18.0 Å². The van der Waals surface area contributed by atoms with Crippen LogP contribution in [0.2, 0.25) is 15.2 Å². The first-order chi connectivity index (χ1) is 12.6. The topological polar surface area (TPSA) is 37.6 Å². The summed E-state index contributed by atoms with van der Waals surface area (Å²) in [5.41, 5.74) is 2.43. The predicted molar refractivity (Wildman–Crippen MR) is 105 cm³/mol. The van der Waals surface area contributed by atoms with Gasteiger partial charge >= 0.3 is 0 Å². The van der Waals surface area contributed by atoms with E-state index in [1.54, 1.807) is 12.3 Å². The molecule has 0 radical (unpaired) electrons. The van der Waals surface area contributed by atoms with E-state index in [0.29, 0.717) is 21.6 Å². The lowest BCUT2D eigenvalue weighted by molar-refractivity contribution is 0.516. The van der Waals surface area contributed by atoms with Crippen molar-refractivity contribution >= 4 is 34.8 Å². The van der Waals surface area contributed by atoms with Crippen LogP contribution in [0.4, 0.5) is 0 Å². The van der Waals surface area contributed by atoms with Crippen LogP contribution in [0.1, 0.15) is 29.2 Å². The lowest BCUT2D eigenvalue weighted by Crippen LogP contribution is -2.24. The highest BCUT2D eigenvalue weighted by molar-refractivity contribution is 6.30. The van der Waals surface area contributed by atoms with Crippen molar-refractivity contribution in [3.8, 4) is 0 Å². The molecule has 0 bridgehead atoms. The quantitative estimate of drug-likeness (QED) is 0.440. The van der Waals surface area contributed by atoms with Crippen molar-refractivity contribution in [2.24, 2.45) is 10.2 Å². The van der Waals surface area contributed by atoms with Gasteiger partial charge in [-0.1, -0.05) is 65.1 Å². The molecule has 0 N–H and O–H groups in total. The van der Waals surface area contributed by atoms with Gasteiger partial charge in [0.05, 0.1) is 6.04 Å². The fourth-order valence-corrected chi connectivity index (χ4v) is 3.63. The van der Waals surface area contributed by atoms with Crippen molar-refractivity contribution in [3.63, 3.8) is 0 Å². The second kappa shape index (κ2) is 6.99. The molecule has 2 aromatic carbocycles. The molecule has 4 rings (SSSR count). The number of nitrogens with zero attached hydrogens (tertiary/aromatic N) is 3. The van der Waals surface area contributed by atoms with Gasteiger partial charge in [0, 0.05) is 28.2 Å². The van der Waals surface area contributed by atoms with Gasteiger partial charge in [0.15, 0.2) is 0 Å². The van der Waals surface area contributed by atoms with Gasteiger partial charge in [-0.25, -0.2) is 4.98 Å². The molecular weight excluding hydrogens is 389 g/mol. The summed E-state index contributed by atoms with van der Waals surface area (Å²) in [6, 6.07) is 19.1. The summed E-state index contributed by atoms with van der Waals surface area (Å²) in [4.78, 5) is 4.24. The van der Waals surface area contributed by atoms with E-state index in [1.165, 1.54) is 0 Å². The van der Waals surface area contributed by atoms with Gasteiger partial charge in [-0.2, -0.15) is 10.2 Å². The molecule has 6 heteroatoms. The maximum atomic E-state index is 6.07. The van der Waals surface area contributed by atoms with Crippen molar-refractivity contribution in [3.05, 3.63) is 98.7 Å². The standard InChI is InChI=1S/C20H14Cl3N3/c21-16-6-1-13(2-7-16)18-11-20(26-25-18,14-3-8-17(22)9-4-14)15-5-10-19(23)24-12-15/h1-10,12,18H,11H2. The van der Waals surface area contributed by atoms with Gasteiger partial charge in [-0.05, 0) is 41.5 Å². The average molecular weight is 403 g/mol. The van der Waals surface area contributed by atoms with Gasteiger partial charge in [0.25, 0.3) is 0 Å². The first-order valence-corrected chi connectivity index (χ1v) is 9.26. The van der Waals surface area contributed by atoms with Crippen molar-refractivity contribution < 1.29 is 0 Å². The van der Waals surface area contributed by atoms with Gasteiger partial charge in [0.1, 0.15) is 10.7 Å². The number of halogens is 3. The molecule has 1 aliphatic heterocycles. The fourth-order valence-electron chi connectivity index (χ4n) is 3.26. The normalized spacial score (nSPS) is 21.9. The molecule has 1 aliphatic rings. The Morgan fingerprint density at radius 3 is 2.00 bits per heavy atom. The molecule has 0 fully saturated rings. The zero-order valence-corrected chi connectivity index (χ0v) is 15.9. The van der Waals surface area contributed by atoms with Crippen LogP contribution in [0.5, 0.6) is 0 Å². The van der Waals surface area contributed by atoms with E-state index < -0.39 is 5.54 Å². The molecule has 3 aromatic rings. The number of hydrogen-bond donors (Lipinski definition) is 0. The van der Waals surface area contributed by atoms with Crippen LogP contribution in [0.3, 0.4) is 0 Å². The Morgan fingerprint density at radius 1 is 0.769 bits per heavy atom. The van der Waals surface area contributed by atoms with Crippen LogP contribution in [0, 0.1) is 0 Å². The minimum atomic E-state index is -0.619. The second-order valence-electron chi connectivity index (χ2n) is 6.22. The smallest absolute Gasteiger partial charge is 0.135 e. The van der Waals surface area contributed by atoms with Crippen LogP contribution >= 0.6 is 34.8 Å². The maximum Gasteiger partial charge on any atom is 0.135 e. The zero-order chi connectivity index (χ0) is 18.1. The van der Waals surface area contributed by atoms with E-state index in [-0.39, 0.29) is 6.04 Å². The van der Waals surface area contributed by atoms with Gasteiger partial charge < -0.3 is 0 Å². The SMILES string of the molecule is Clc1ccc(C2CC(c3ccc(Cl)cc3)(c3ccc(Cl)nc3)N=N2)cc1. The van der Waals surface area contributed by atoms with E-state index >= 15 is 0 Å². The van der Waals surface area contributed by atoms with Crippen molar-refractivity contribution in [2.75, 3.05) is 0 Å². The highest BCUT2D eigenvalue weighted by Crippen LogP contribution is 2.48. The van der Waals surface area contributed by atoms with Gasteiger partial charge in [-0.3, -0.25) is 0 Å². The third-order valence-corrected chi connectivity index (χ3v) is 5.37. The molecular formula is C20H14Cl3N3.